The minimum Gasteiger partial charge on any atom is -0.314 e. The van der Waals surface area contributed by atoms with Crippen molar-refractivity contribution in [3.8, 4) is 0 Å². The molecule has 1 aromatic heterocycles. The standard InChI is InChI=1S/C14H24N4/c1-11-8-13(17(2)16-11)10-18-7-5-14-12(9-18)4-3-6-15-14/h8,12,14-15H,3-7,9-10H2,1-2H3. The molecule has 18 heavy (non-hydrogen) atoms. The van der Waals surface area contributed by atoms with Crippen molar-refractivity contribution in [2.24, 2.45) is 13.0 Å². The lowest BCUT2D eigenvalue weighted by molar-refractivity contribution is 0.107. The number of aryl methyl sites for hydroxylation is 2. The number of piperidine rings is 2. The third kappa shape index (κ3) is 2.45. The molecule has 1 N–H and O–H groups in total. The zero-order valence-electron chi connectivity index (χ0n) is 11.5. The van der Waals surface area contributed by atoms with Gasteiger partial charge in [-0.05, 0) is 44.7 Å². The fourth-order valence-electron chi connectivity index (χ4n) is 3.51. The van der Waals surface area contributed by atoms with Crippen molar-refractivity contribution in [2.75, 3.05) is 19.6 Å². The molecule has 2 aliphatic heterocycles. The van der Waals surface area contributed by atoms with Crippen LogP contribution in [-0.2, 0) is 13.6 Å². The van der Waals surface area contributed by atoms with Crippen LogP contribution in [0.2, 0.25) is 0 Å². The minimum absolute atomic E-state index is 0.781. The molecular weight excluding hydrogens is 224 g/mol. The summed E-state index contributed by atoms with van der Waals surface area (Å²) in [6.45, 7) is 6.82. The van der Waals surface area contributed by atoms with Crippen LogP contribution in [0, 0.1) is 12.8 Å². The maximum atomic E-state index is 4.44. The molecule has 4 heteroatoms. The quantitative estimate of drug-likeness (QED) is 0.856. The predicted molar refractivity (Wildman–Crippen MR) is 72.4 cm³/mol. The van der Waals surface area contributed by atoms with Gasteiger partial charge in [-0.15, -0.1) is 0 Å². The Balaban J connectivity index is 1.62. The molecular formula is C14H24N4. The first-order chi connectivity index (χ1) is 8.72. The molecule has 0 radical (unpaired) electrons. The first-order valence-corrected chi connectivity index (χ1v) is 7.17. The summed E-state index contributed by atoms with van der Waals surface area (Å²) in [5.74, 6) is 0.863. The number of nitrogens with one attached hydrogen (secondary N) is 1. The molecule has 0 saturated carbocycles. The number of hydrogen-bond donors (Lipinski definition) is 1. The maximum absolute atomic E-state index is 4.44. The molecule has 2 atom stereocenters. The summed E-state index contributed by atoms with van der Waals surface area (Å²) in [6, 6.07) is 2.99. The van der Waals surface area contributed by atoms with Crippen LogP contribution in [-0.4, -0.2) is 40.4 Å². The molecule has 2 unspecified atom stereocenters. The van der Waals surface area contributed by atoms with Gasteiger partial charge >= 0.3 is 0 Å². The fourth-order valence-corrected chi connectivity index (χ4v) is 3.51. The highest BCUT2D eigenvalue weighted by Crippen LogP contribution is 2.25. The highest BCUT2D eigenvalue weighted by atomic mass is 15.3. The lowest BCUT2D eigenvalue weighted by Gasteiger charge is -2.41. The van der Waals surface area contributed by atoms with Gasteiger partial charge in [0.2, 0.25) is 0 Å². The van der Waals surface area contributed by atoms with E-state index in [9.17, 15) is 0 Å². The van der Waals surface area contributed by atoms with Crippen molar-refractivity contribution in [3.05, 3.63) is 17.5 Å². The van der Waals surface area contributed by atoms with Gasteiger partial charge in [-0.1, -0.05) is 0 Å². The van der Waals surface area contributed by atoms with Gasteiger partial charge in [-0.2, -0.15) is 5.10 Å². The Morgan fingerprint density at radius 2 is 2.33 bits per heavy atom. The molecule has 100 valence electrons. The lowest BCUT2D eigenvalue weighted by atomic mass is 9.85. The smallest absolute Gasteiger partial charge is 0.0597 e. The van der Waals surface area contributed by atoms with Crippen LogP contribution in [0.1, 0.15) is 30.7 Å². The summed E-state index contributed by atoms with van der Waals surface area (Å²) >= 11 is 0. The van der Waals surface area contributed by atoms with Crippen molar-refractivity contribution in [1.82, 2.24) is 20.0 Å². The molecule has 0 amide bonds. The second-order valence-corrected chi connectivity index (χ2v) is 5.89. The van der Waals surface area contributed by atoms with E-state index in [1.54, 1.807) is 0 Å². The summed E-state index contributed by atoms with van der Waals surface area (Å²) in [5, 5.41) is 8.11. The van der Waals surface area contributed by atoms with E-state index in [1.165, 1.54) is 44.6 Å². The first kappa shape index (κ1) is 12.2. The average molecular weight is 248 g/mol. The van der Waals surface area contributed by atoms with Gasteiger partial charge in [-0.25, -0.2) is 0 Å². The monoisotopic (exact) mass is 248 g/mol. The highest BCUT2D eigenvalue weighted by molar-refractivity contribution is 5.08. The Morgan fingerprint density at radius 1 is 1.44 bits per heavy atom. The molecule has 4 nitrogen and oxygen atoms in total. The Hall–Kier alpha value is -0.870. The molecule has 3 rings (SSSR count). The van der Waals surface area contributed by atoms with Crippen molar-refractivity contribution >= 4 is 0 Å². The average Bonchev–Trinajstić information content (AvgIpc) is 2.68. The van der Waals surface area contributed by atoms with Gasteiger partial charge in [0.15, 0.2) is 0 Å². The highest BCUT2D eigenvalue weighted by Gasteiger charge is 2.30. The van der Waals surface area contributed by atoms with E-state index >= 15 is 0 Å². The summed E-state index contributed by atoms with van der Waals surface area (Å²) < 4.78 is 2.03. The van der Waals surface area contributed by atoms with Crippen LogP contribution in [0.15, 0.2) is 6.07 Å². The Morgan fingerprint density at radius 3 is 3.11 bits per heavy atom. The zero-order valence-corrected chi connectivity index (χ0v) is 11.5. The molecule has 1 aromatic rings. The summed E-state index contributed by atoms with van der Waals surface area (Å²) in [5.41, 5.74) is 2.47. The molecule has 0 spiro atoms. The van der Waals surface area contributed by atoms with E-state index < -0.39 is 0 Å². The van der Waals surface area contributed by atoms with Crippen LogP contribution in [0.3, 0.4) is 0 Å². The molecule has 0 aliphatic carbocycles. The van der Waals surface area contributed by atoms with Crippen molar-refractivity contribution < 1.29 is 0 Å². The molecule has 0 bridgehead atoms. The van der Waals surface area contributed by atoms with E-state index in [-0.39, 0.29) is 0 Å². The van der Waals surface area contributed by atoms with Crippen LogP contribution in [0.5, 0.6) is 0 Å². The molecule has 2 saturated heterocycles. The molecule has 2 aliphatic rings. The van der Waals surface area contributed by atoms with E-state index in [1.807, 2.05) is 4.68 Å². The number of rotatable bonds is 2. The van der Waals surface area contributed by atoms with Gasteiger partial charge in [-0.3, -0.25) is 9.58 Å². The first-order valence-electron chi connectivity index (χ1n) is 7.17. The van der Waals surface area contributed by atoms with Gasteiger partial charge in [0.1, 0.15) is 0 Å². The van der Waals surface area contributed by atoms with E-state index in [2.05, 4.69) is 35.4 Å². The summed E-state index contributed by atoms with van der Waals surface area (Å²) in [4.78, 5) is 2.60. The molecule has 0 aromatic carbocycles. The third-order valence-corrected chi connectivity index (χ3v) is 4.46. The third-order valence-electron chi connectivity index (χ3n) is 4.46. The SMILES string of the molecule is Cc1cc(CN2CCC3NCCCC3C2)n(C)n1. The fraction of sp³-hybridized carbons (Fsp3) is 0.786. The van der Waals surface area contributed by atoms with Crippen LogP contribution >= 0.6 is 0 Å². The van der Waals surface area contributed by atoms with Crippen LogP contribution < -0.4 is 5.32 Å². The number of fused-ring (bicyclic) bond motifs is 1. The number of nitrogens with zero attached hydrogens (tertiary/aromatic N) is 3. The van der Waals surface area contributed by atoms with E-state index in [0.717, 1.165) is 24.2 Å². The Labute approximate surface area is 109 Å². The summed E-state index contributed by atoms with van der Waals surface area (Å²) in [7, 11) is 2.05. The van der Waals surface area contributed by atoms with Crippen molar-refractivity contribution in [3.63, 3.8) is 0 Å². The minimum atomic E-state index is 0.781. The predicted octanol–water partition coefficient (Wildman–Crippen LogP) is 1.30. The second kappa shape index (κ2) is 5.02. The van der Waals surface area contributed by atoms with E-state index in [0.29, 0.717) is 0 Å². The van der Waals surface area contributed by atoms with Crippen LogP contribution in [0.25, 0.3) is 0 Å². The van der Waals surface area contributed by atoms with E-state index in [4.69, 9.17) is 0 Å². The normalized spacial score (nSPS) is 29.2. The summed E-state index contributed by atoms with van der Waals surface area (Å²) in [6.07, 6.45) is 4.06. The van der Waals surface area contributed by atoms with Gasteiger partial charge in [0.25, 0.3) is 0 Å². The number of hydrogen-bond acceptors (Lipinski definition) is 3. The zero-order chi connectivity index (χ0) is 12.5. The molecule has 3 heterocycles. The Kier molecular flexibility index (Phi) is 3.39. The Bertz CT molecular complexity index is 412. The van der Waals surface area contributed by atoms with Gasteiger partial charge in [0.05, 0.1) is 11.4 Å². The maximum Gasteiger partial charge on any atom is 0.0597 e. The van der Waals surface area contributed by atoms with Crippen LogP contribution in [0.4, 0.5) is 0 Å². The number of likely N-dealkylation sites (tertiary alicyclic amines) is 1. The largest absolute Gasteiger partial charge is 0.314 e. The van der Waals surface area contributed by atoms with Crippen molar-refractivity contribution in [1.29, 1.82) is 0 Å². The molecule has 2 fully saturated rings. The topological polar surface area (TPSA) is 33.1 Å². The number of aromatic nitrogens is 2. The van der Waals surface area contributed by atoms with Gasteiger partial charge < -0.3 is 5.32 Å². The lowest BCUT2D eigenvalue weighted by Crippen LogP contribution is -2.51. The second-order valence-electron chi connectivity index (χ2n) is 5.89. The van der Waals surface area contributed by atoms with Crippen molar-refractivity contribution in [2.45, 2.75) is 38.8 Å². The van der Waals surface area contributed by atoms with Gasteiger partial charge in [0, 0.05) is 32.7 Å².